The number of aryl methyl sites for hydroxylation is 1. The van der Waals surface area contributed by atoms with Gasteiger partial charge in [-0.3, -0.25) is 4.79 Å². The van der Waals surface area contributed by atoms with Gasteiger partial charge in [0.05, 0.1) is 5.69 Å². The van der Waals surface area contributed by atoms with Gasteiger partial charge in [-0.05, 0) is 65.4 Å². The largest absolute Gasteiger partial charge is 0.451 e. The molecule has 0 atom stereocenters. The quantitative estimate of drug-likeness (QED) is 0.620. The molecule has 4 rings (SSSR count). The number of rotatable bonds is 6. The highest BCUT2D eigenvalue weighted by molar-refractivity contribution is 7.12. The molecule has 0 spiro atoms. The number of nitrogens with one attached hydrogen (secondary N) is 1. The number of amides is 1. The molecule has 1 N–H and O–H groups in total. The Balaban J connectivity index is 1.35. The minimum atomic E-state index is -0.596. The molecule has 2 aromatic heterocycles. The van der Waals surface area contributed by atoms with E-state index >= 15 is 0 Å². The lowest BCUT2D eigenvalue weighted by Gasteiger charge is -2.19. The average molecular weight is 412 g/mol. The molecule has 9 nitrogen and oxygen atoms in total. The Morgan fingerprint density at radius 1 is 1.24 bits per heavy atom. The number of aromatic nitrogens is 4. The SMILES string of the molecule is Cc1cc(N2CCCC2)ccc1NC(=O)COC(=O)c1sccc1-n1cnnn1. The molecule has 0 saturated carbocycles. The summed E-state index contributed by atoms with van der Waals surface area (Å²) < 4.78 is 6.55. The van der Waals surface area contributed by atoms with Gasteiger partial charge in [0, 0.05) is 24.5 Å². The van der Waals surface area contributed by atoms with Crippen molar-refractivity contribution in [1.29, 1.82) is 0 Å². The summed E-state index contributed by atoms with van der Waals surface area (Å²) in [6, 6.07) is 7.67. The van der Waals surface area contributed by atoms with Crippen molar-refractivity contribution in [2.45, 2.75) is 19.8 Å². The summed E-state index contributed by atoms with van der Waals surface area (Å²) in [5, 5.41) is 15.4. The molecule has 1 saturated heterocycles. The molecule has 150 valence electrons. The van der Waals surface area contributed by atoms with Crippen LogP contribution in [0, 0.1) is 6.92 Å². The minimum Gasteiger partial charge on any atom is -0.451 e. The van der Waals surface area contributed by atoms with Gasteiger partial charge in [0.25, 0.3) is 5.91 Å². The number of hydrogen-bond acceptors (Lipinski definition) is 8. The van der Waals surface area contributed by atoms with Gasteiger partial charge in [0.2, 0.25) is 0 Å². The summed E-state index contributed by atoms with van der Waals surface area (Å²) >= 11 is 1.20. The summed E-state index contributed by atoms with van der Waals surface area (Å²) in [4.78, 5) is 27.3. The van der Waals surface area contributed by atoms with Crippen molar-refractivity contribution in [1.82, 2.24) is 20.2 Å². The van der Waals surface area contributed by atoms with Crippen molar-refractivity contribution in [2.24, 2.45) is 0 Å². The van der Waals surface area contributed by atoms with Gasteiger partial charge in [-0.25, -0.2) is 4.79 Å². The van der Waals surface area contributed by atoms with Gasteiger partial charge in [-0.15, -0.1) is 16.4 Å². The number of benzene rings is 1. The Hall–Kier alpha value is -3.27. The first-order valence-corrected chi connectivity index (χ1v) is 10.1. The number of carbonyl (C=O) groups excluding carboxylic acids is 2. The smallest absolute Gasteiger partial charge is 0.351 e. The standard InChI is InChI=1S/C19H20N6O3S/c1-13-10-14(24-7-2-3-8-24)4-5-15(13)21-17(26)11-28-19(27)18-16(6-9-29-18)25-12-20-22-23-25/h4-6,9-10,12H,2-3,7-8,11H2,1H3,(H,21,26). The Morgan fingerprint density at radius 2 is 2.07 bits per heavy atom. The van der Waals surface area contributed by atoms with Gasteiger partial charge in [0.15, 0.2) is 6.61 Å². The molecule has 3 aromatic rings. The maximum Gasteiger partial charge on any atom is 0.351 e. The molecular formula is C19H20N6O3S. The van der Waals surface area contributed by atoms with Crippen LogP contribution in [0.25, 0.3) is 5.69 Å². The number of carbonyl (C=O) groups is 2. The molecule has 3 heterocycles. The van der Waals surface area contributed by atoms with Crippen LogP contribution in [0.5, 0.6) is 0 Å². The van der Waals surface area contributed by atoms with Crippen LogP contribution in [0.2, 0.25) is 0 Å². The highest BCUT2D eigenvalue weighted by atomic mass is 32.1. The van der Waals surface area contributed by atoms with Crippen LogP contribution in [0.4, 0.5) is 11.4 Å². The number of hydrogen-bond donors (Lipinski definition) is 1. The van der Waals surface area contributed by atoms with E-state index in [-0.39, 0.29) is 6.61 Å². The summed E-state index contributed by atoms with van der Waals surface area (Å²) in [6.07, 6.45) is 3.81. The molecule has 1 aliphatic heterocycles. The molecule has 29 heavy (non-hydrogen) atoms. The fraction of sp³-hybridized carbons (Fsp3) is 0.316. The molecule has 0 bridgehead atoms. The van der Waals surface area contributed by atoms with Crippen molar-refractivity contribution < 1.29 is 14.3 Å². The zero-order chi connectivity index (χ0) is 20.2. The second kappa shape index (κ2) is 8.39. The topological polar surface area (TPSA) is 102 Å². The third-order valence-corrected chi connectivity index (χ3v) is 5.60. The van der Waals surface area contributed by atoms with Crippen LogP contribution in [0.3, 0.4) is 0 Å². The highest BCUT2D eigenvalue weighted by Crippen LogP contribution is 2.25. The van der Waals surface area contributed by atoms with Crippen molar-refractivity contribution in [3.63, 3.8) is 0 Å². The zero-order valence-corrected chi connectivity index (χ0v) is 16.7. The predicted octanol–water partition coefficient (Wildman–Crippen LogP) is 2.43. The van der Waals surface area contributed by atoms with E-state index in [1.54, 1.807) is 11.4 Å². The van der Waals surface area contributed by atoms with Crippen LogP contribution in [0.1, 0.15) is 28.1 Å². The maximum atomic E-state index is 12.4. The third kappa shape index (κ3) is 4.27. The molecule has 10 heteroatoms. The summed E-state index contributed by atoms with van der Waals surface area (Å²) in [5.74, 6) is -0.988. The van der Waals surface area contributed by atoms with Crippen molar-refractivity contribution in [3.05, 3.63) is 46.4 Å². The summed E-state index contributed by atoms with van der Waals surface area (Å²) in [5.41, 5.74) is 3.35. The Kier molecular flexibility index (Phi) is 5.52. The molecule has 1 aromatic carbocycles. The average Bonchev–Trinajstić information content (AvgIpc) is 3.49. The first-order chi connectivity index (χ1) is 14.1. The van der Waals surface area contributed by atoms with Crippen molar-refractivity contribution >= 4 is 34.6 Å². The lowest BCUT2D eigenvalue weighted by Crippen LogP contribution is -2.22. The molecule has 0 unspecified atom stereocenters. The lowest BCUT2D eigenvalue weighted by molar-refractivity contribution is -0.119. The van der Waals surface area contributed by atoms with Crippen LogP contribution in [-0.2, 0) is 9.53 Å². The van der Waals surface area contributed by atoms with Gasteiger partial charge >= 0.3 is 5.97 Å². The Bertz CT molecular complexity index is 1010. The molecule has 0 aliphatic carbocycles. The lowest BCUT2D eigenvalue weighted by atomic mass is 10.1. The summed E-state index contributed by atoms with van der Waals surface area (Å²) in [6.45, 7) is 3.71. The van der Waals surface area contributed by atoms with E-state index < -0.39 is 11.9 Å². The first-order valence-electron chi connectivity index (χ1n) is 9.25. The monoisotopic (exact) mass is 412 g/mol. The van der Waals surface area contributed by atoms with Gasteiger partial charge in [0.1, 0.15) is 11.2 Å². The first kappa shape index (κ1) is 19.1. The highest BCUT2D eigenvalue weighted by Gasteiger charge is 2.19. The van der Waals surface area contributed by atoms with Crippen LogP contribution in [0.15, 0.2) is 36.0 Å². The van der Waals surface area contributed by atoms with E-state index in [1.165, 1.54) is 35.2 Å². The Labute approximate surface area is 171 Å². The summed E-state index contributed by atoms with van der Waals surface area (Å²) in [7, 11) is 0. The number of esters is 1. The molecule has 0 radical (unpaired) electrons. The number of anilines is 2. The maximum absolute atomic E-state index is 12.4. The van der Waals surface area contributed by atoms with E-state index in [9.17, 15) is 9.59 Å². The van der Waals surface area contributed by atoms with Gasteiger partial charge in [-0.1, -0.05) is 0 Å². The molecular weight excluding hydrogens is 392 g/mol. The molecule has 1 aliphatic rings. The van der Waals surface area contributed by atoms with E-state index in [4.69, 9.17) is 4.74 Å². The van der Waals surface area contributed by atoms with Crippen molar-refractivity contribution in [2.75, 3.05) is 29.9 Å². The van der Waals surface area contributed by atoms with Crippen LogP contribution >= 0.6 is 11.3 Å². The van der Waals surface area contributed by atoms with Crippen LogP contribution in [-0.4, -0.2) is 51.8 Å². The van der Waals surface area contributed by atoms with Gasteiger partial charge < -0.3 is 15.0 Å². The number of tetrazole rings is 1. The van der Waals surface area contributed by atoms with Crippen LogP contribution < -0.4 is 10.2 Å². The van der Waals surface area contributed by atoms with Gasteiger partial charge in [-0.2, -0.15) is 4.68 Å². The Morgan fingerprint density at radius 3 is 2.79 bits per heavy atom. The fourth-order valence-corrected chi connectivity index (χ4v) is 4.02. The second-order valence-corrected chi connectivity index (χ2v) is 7.62. The molecule has 1 amide bonds. The second-order valence-electron chi connectivity index (χ2n) is 6.71. The van der Waals surface area contributed by atoms with E-state index in [0.717, 1.165) is 24.3 Å². The number of thiophene rings is 1. The number of nitrogens with zero attached hydrogens (tertiary/aromatic N) is 5. The van der Waals surface area contributed by atoms with E-state index in [1.807, 2.05) is 19.1 Å². The fourth-order valence-electron chi connectivity index (χ4n) is 3.25. The molecule has 1 fully saturated rings. The van der Waals surface area contributed by atoms with E-state index in [2.05, 4.69) is 31.8 Å². The van der Waals surface area contributed by atoms with E-state index in [0.29, 0.717) is 16.3 Å². The normalized spacial score (nSPS) is 13.5. The van der Waals surface area contributed by atoms with Crippen molar-refractivity contribution in [3.8, 4) is 5.69 Å². The third-order valence-electron chi connectivity index (χ3n) is 4.72. The minimum absolute atomic E-state index is 0.330. The predicted molar refractivity (Wildman–Crippen MR) is 109 cm³/mol. The number of ether oxygens (including phenoxy) is 1. The zero-order valence-electron chi connectivity index (χ0n) is 15.9.